The number of likely N-dealkylation sites (N-methyl/N-ethyl adjacent to an activating group) is 1. The number of hydrogen-bond donors (Lipinski definition) is 0. The minimum Gasteiger partial charge on any atom is -0.491 e. The van der Waals surface area contributed by atoms with Gasteiger partial charge in [-0.05, 0) is 73.5 Å². The smallest absolute Gasteiger partial charge is 0.123 e. The molecule has 4 nitrogen and oxygen atoms in total. The molecule has 0 bridgehead atoms. The number of benzene rings is 1. The Kier molecular flexibility index (Phi) is 10.8. The maximum atomic E-state index is 5.95. The molecule has 0 spiro atoms. The minimum atomic E-state index is -0.412. The van der Waals surface area contributed by atoms with E-state index >= 15 is 0 Å². The highest BCUT2D eigenvalue weighted by molar-refractivity contribution is 7.08. The van der Waals surface area contributed by atoms with Gasteiger partial charge in [-0.3, -0.25) is 4.90 Å². The second kappa shape index (κ2) is 13.3. The quantitative estimate of drug-likeness (QED) is 0.321. The molecule has 1 heterocycles. The first-order valence-corrected chi connectivity index (χ1v) is 11.7. The van der Waals surface area contributed by atoms with Gasteiger partial charge in [0.05, 0.1) is 12.7 Å². The van der Waals surface area contributed by atoms with E-state index in [2.05, 4.69) is 65.6 Å². The van der Waals surface area contributed by atoms with Crippen LogP contribution in [0.25, 0.3) is 11.1 Å². The van der Waals surface area contributed by atoms with Gasteiger partial charge in [0.25, 0.3) is 0 Å². The van der Waals surface area contributed by atoms with Crippen molar-refractivity contribution < 1.29 is 14.2 Å². The molecule has 0 aliphatic carbocycles. The third kappa shape index (κ3) is 9.71. The molecule has 0 amide bonds. The molecular weight excluding hydrogens is 406 g/mol. The number of nitrogens with zero attached hydrogens (tertiary/aromatic N) is 1. The highest BCUT2D eigenvalue weighted by Crippen LogP contribution is 2.25. The predicted molar refractivity (Wildman–Crippen MR) is 131 cm³/mol. The number of hydrogen-bond acceptors (Lipinski definition) is 5. The van der Waals surface area contributed by atoms with Gasteiger partial charge in [0.15, 0.2) is 0 Å². The van der Waals surface area contributed by atoms with Crippen molar-refractivity contribution in [2.75, 3.05) is 40.0 Å². The molecule has 1 unspecified atom stereocenters. The van der Waals surface area contributed by atoms with Crippen molar-refractivity contribution in [2.45, 2.75) is 39.4 Å². The fraction of sp³-hybridized carbons (Fsp3) is 0.462. The lowest BCUT2D eigenvalue weighted by molar-refractivity contribution is 0.0250. The van der Waals surface area contributed by atoms with Gasteiger partial charge >= 0.3 is 0 Å². The largest absolute Gasteiger partial charge is 0.491 e. The Labute approximate surface area is 191 Å². The van der Waals surface area contributed by atoms with Crippen LogP contribution in [-0.2, 0) is 9.47 Å². The lowest BCUT2D eigenvalue weighted by atomic mass is 10.1. The van der Waals surface area contributed by atoms with Crippen LogP contribution in [0.2, 0.25) is 0 Å². The van der Waals surface area contributed by atoms with Gasteiger partial charge in [-0.1, -0.05) is 37.0 Å². The summed E-state index contributed by atoms with van der Waals surface area (Å²) < 4.78 is 17.1. The SMILES string of the molecule is CCN(C/C=C/C#CC(C)(C)OC)CC(C)OCCOc1cccc(-c2ccsc2)c1. The van der Waals surface area contributed by atoms with Crippen LogP contribution in [0.4, 0.5) is 0 Å². The third-order valence-corrected chi connectivity index (χ3v) is 5.54. The minimum absolute atomic E-state index is 0.132. The summed E-state index contributed by atoms with van der Waals surface area (Å²) in [7, 11) is 1.67. The van der Waals surface area contributed by atoms with Crippen molar-refractivity contribution in [3.63, 3.8) is 0 Å². The van der Waals surface area contributed by atoms with Crippen molar-refractivity contribution in [2.24, 2.45) is 0 Å². The molecule has 31 heavy (non-hydrogen) atoms. The van der Waals surface area contributed by atoms with Crippen LogP contribution in [0.5, 0.6) is 5.75 Å². The van der Waals surface area contributed by atoms with Crippen molar-refractivity contribution in [3.8, 4) is 28.7 Å². The van der Waals surface area contributed by atoms with Gasteiger partial charge in [-0.25, -0.2) is 0 Å². The molecule has 0 fully saturated rings. The van der Waals surface area contributed by atoms with E-state index in [0.29, 0.717) is 13.2 Å². The Bertz CT molecular complexity index is 849. The normalized spacial score (nSPS) is 12.7. The van der Waals surface area contributed by atoms with Crippen molar-refractivity contribution >= 4 is 11.3 Å². The van der Waals surface area contributed by atoms with E-state index in [4.69, 9.17) is 14.2 Å². The average molecular weight is 442 g/mol. The highest BCUT2D eigenvalue weighted by Gasteiger charge is 2.10. The summed E-state index contributed by atoms with van der Waals surface area (Å²) >= 11 is 1.70. The monoisotopic (exact) mass is 441 g/mol. The van der Waals surface area contributed by atoms with Crippen LogP contribution in [-0.4, -0.2) is 56.6 Å². The van der Waals surface area contributed by atoms with E-state index in [1.54, 1.807) is 18.4 Å². The third-order valence-electron chi connectivity index (χ3n) is 4.85. The van der Waals surface area contributed by atoms with Crippen molar-refractivity contribution in [1.82, 2.24) is 4.90 Å². The fourth-order valence-corrected chi connectivity index (χ4v) is 3.54. The molecule has 168 valence electrons. The molecule has 1 aromatic carbocycles. The van der Waals surface area contributed by atoms with E-state index in [9.17, 15) is 0 Å². The van der Waals surface area contributed by atoms with E-state index in [1.165, 1.54) is 11.1 Å². The molecule has 2 rings (SSSR count). The number of rotatable bonds is 12. The van der Waals surface area contributed by atoms with Crippen molar-refractivity contribution in [3.05, 3.63) is 53.2 Å². The standard InChI is InChI=1S/C26H35NO3S/c1-6-27(15-9-7-8-14-26(3,4)28-5)20-22(2)29-16-17-30-25-12-10-11-23(19-25)24-13-18-31-21-24/h7,9-13,18-19,21-22H,6,15-17,20H2,1-5H3/b9-7+. The first-order valence-electron chi connectivity index (χ1n) is 10.8. The van der Waals surface area contributed by atoms with Crippen LogP contribution >= 0.6 is 11.3 Å². The number of allylic oxidation sites excluding steroid dienone is 1. The van der Waals surface area contributed by atoms with Crippen LogP contribution in [0, 0.1) is 11.8 Å². The molecule has 2 aromatic rings. The maximum Gasteiger partial charge on any atom is 0.123 e. The Balaban J connectivity index is 1.68. The van der Waals surface area contributed by atoms with Crippen molar-refractivity contribution in [1.29, 1.82) is 0 Å². The topological polar surface area (TPSA) is 30.9 Å². The molecule has 0 aliphatic rings. The van der Waals surface area contributed by atoms with Gasteiger partial charge < -0.3 is 14.2 Å². The molecule has 0 radical (unpaired) electrons. The van der Waals surface area contributed by atoms with Crippen LogP contribution in [0.1, 0.15) is 27.7 Å². The Hall–Kier alpha value is -2.10. The zero-order valence-corrected chi connectivity index (χ0v) is 20.2. The molecule has 0 N–H and O–H groups in total. The zero-order chi connectivity index (χ0) is 22.5. The molecule has 0 saturated carbocycles. The molecule has 1 atom stereocenters. The van der Waals surface area contributed by atoms with E-state index in [1.807, 2.05) is 32.1 Å². The van der Waals surface area contributed by atoms with Gasteiger partial charge in [0, 0.05) is 20.2 Å². The second-order valence-electron chi connectivity index (χ2n) is 7.81. The van der Waals surface area contributed by atoms with E-state index in [0.717, 1.165) is 25.4 Å². The molecule has 0 aliphatic heterocycles. The summed E-state index contributed by atoms with van der Waals surface area (Å²) in [5.74, 6) is 7.01. The van der Waals surface area contributed by atoms with Crippen LogP contribution in [0.3, 0.4) is 0 Å². The summed E-state index contributed by atoms with van der Waals surface area (Å²) in [4.78, 5) is 2.33. The number of methoxy groups -OCH3 is 1. The lowest BCUT2D eigenvalue weighted by Gasteiger charge is -2.23. The molecule has 5 heteroatoms. The summed E-state index contributed by atoms with van der Waals surface area (Å²) in [6.07, 6.45) is 4.11. The summed E-state index contributed by atoms with van der Waals surface area (Å²) in [5.41, 5.74) is 1.99. The van der Waals surface area contributed by atoms with Crippen LogP contribution < -0.4 is 4.74 Å². The predicted octanol–water partition coefficient (Wildman–Crippen LogP) is 5.51. The second-order valence-corrected chi connectivity index (χ2v) is 8.59. The summed E-state index contributed by atoms with van der Waals surface area (Å²) in [5, 5.41) is 4.23. The van der Waals surface area contributed by atoms with Crippen LogP contribution in [0.15, 0.2) is 53.2 Å². The number of thiophene rings is 1. The first-order chi connectivity index (χ1) is 14.9. The molecule has 1 aromatic heterocycles. The zero-order valence-electron chi connectivity index (χ0n) is 19.4. The highest BCUT2D eigenvalue weighted by atomic mass is 32.1. The first kappa shape index (κ1) is 25.2. The molecule has 0 saturated heterocycles. The van der Waals surface area contributed by atoms with E-state index < -0.39 is 5.60 Å². The number of ether oxygens (including phenoxy) is 3. The van der Waals surface area contributed by atoms with Gasteiger partial charge in [0.1, 0.15) is 18.0 Å². The Morgan fingerprint density at radius 3 is 2.74 bits per heavy atom. The lowest BCUT2D eigenvalue weighted by Crippen LogP contribution is -2.33. The fourth-order valence-electron chi connectivity index (χ4n) is 2.88. The van der Waals surface area contributed by atoms with Gasteiger partial charge in [-0.2, -0.15) is 11.3 Å². The molecular formula is C26H35NO3S. The van der Waals surface area contributed by atoms with Gasteiger partial charge in [-0.15, -0.1) is 0 Å². The average Bonchev–Trinajstić information content (AvgIpc) is 3.31. The van der Waals surface area contributed by atoms with E-state index in [-0.39, 0.29) is 6.10 Å². The maximum absolute atomic E-state index is 5.95. The Morgan fingerprint density at radius 1 is 1.19 bits per heavy atom. The summed E-state index contributed by atoms with van der Waals surface area (Å²) in [6, 6.07) is 10.3. The summed E-state index contributed by atoms with van der Waals surface area (Å²) in [6.45, 7) is 11.9. The van der Waals surface area contributed by atoms with Gasteiger partial charge in [0.2, 0.25) is 0 Å². The Morgan fingerprint density at radius 2 is 2.03 bits per heavy atom.